The average molecular weight is 575 g/mol. The van der Waals surface area contributed by atoms with E-state index in [0.29, 0.717) is 0 Å². The van der Waals surface area contributed by atoms with E-state index in [0.717, 1.165) is 35.3 Å². The summed E-state index contributed by atoms with van der Waals surface area (Å²) in [6.45, 7) is 3.08. The Bertz CT molecular complexity index is 644. The van der Waals surface area contributed by atoms with Gasteiger partial charge in [-0.05, 0) is 102 Å². The second-order valence-electron chi connectivity index (χ2n) is 8.36. The SMILES string of the molecule is CCCCCCOc1cc(CS2(Br)CCCC2)c(Cl)cc1CS1(Br)CCCC1. The van der Waals surface area contributed by atoms with Gasteiger partial charge in [-0.15, -0.1) is 0 Å². The van der Waals surface area contributed by atoms with Gasteiger partial charge in [0.25, 0.3) is 0 Å². The molecule has 0 atom stereocenters. The van der Waals surface area contributed by atoms with Gasteiger partial charge in [0.05, 0.1) is 6.61 Å². The van der Waals surface area contributed by atoms with Crippen molar-refractivity contribution in [3.8, 4) is 5.75 Å². The predicted molar refractivity (Wildman–Crippen MR) is 139 cm³/mol. The van der Waals surface area contributed by atoms with E-state index in [1.807, 2.05) is 0 Å². The Morgan fingerprint density at radius 2 is 1.43 bits per heavy atom. The van der Waals surface area contributed by atoms with Crippen molar-refractivity contribution in [2.75, 3.05) is 29.6 Å². The quantitative estimate of drug-likeness (QED) is 0.253. The Balaban J connectivity index is 1.77. The Hall–Kier alpha value is 0.970. The molecule has 0 spiro atoms. The summed E-state index contributed by atoms with van der Waals surface area (Å²) in [5.41, 5.74) is 2.61. The Morgan fingerprint density at radius 1 is 0.857 bits per heavy atom. The summed E-state index contributed by atoms with van der Waals surface area (Å²) in [4.78, 5) is 0. The van der Waals surface area contributed by atoms with E-state index in [-0.39, 0.29) is 0 Å². The van der Waals surface area contributed by atoms with E-state index in [9.17, 15) is 0 Å². The summed E-state index contributed by atoms with van der Waals surface area (Å²) in [5.74, 6) is 8.60. The number of hydrogen-bond acceptors (Lipinski definition) is 1. The van der Waals surface area contributed by atoms with Gasteiger partial charge in [-0.2, -0.15) is 16.9 Å². The summed E-state index contributed by atoms with van der Waals surface area (Å²) in [5, 5.41) is 0.944. The molecule has 0 bridgehead atoms. The number of ether oxygens (including phenoxy) is 1. The molecule has 0 radical (unpaired) electrons. The first-order valence-corrected chi connectivity index (χ1v) is 19.1. The highest BCUT2D eigenvalue weighted by Crippen LogP contribution is 2.65. The first-order chi connectivity index (χ1) is 13.4. The zero-order chi connectivity index (χ0) is 20.0. The molecule has 0 aromatic heterocycles. The average Bonchev–Trinajstić information content (AvgIpc) is 3.27. The van der Waals surface area contributed by atoms with Crippen molar-refractivity contribution in [3.63, 3.8) is 0 Å². The smallest absolute Gasteiger partial charge is 0.123 e. The van der Waals surface area contributed by atoms with E-state index in [1.54, 1.807) is 0 Å². The van der Waals surface area contributed by atoms with Crippen LogP contribution in [0.25, 0.3) is 0 Å². The summed E-state index contributed by atoms with van der Waals surface area (Å²) in [6, 6.07) is 4.52. The number of benzene rings is 1. The fraction of sp³-hybridized carbons (Fsp3) is 0.727. The highest BCUT2D eigenvalue weighted by molar-refractivity contribution is 9.58. The van der Waals surface area contributed by atoms with Crippen molar-refractivity contribution in [2.24, 2.45) is 0 Å². The van der Waals surface area contributed by atoms with Gasteiger partial charge in [-0.25, -0.2) is 0 Å². The molecule has 2 saturated heterocycles. The zero-order valence-corrected chi connectivity index (χ0v) is 22.7. The minimum Gasteiger partial charge on any atom is -0.493 e. The second-order valence-corrected chi connectivity index (χ2v) is 23.0. The molecule has 6 heteroatoms. The van der Waals surface area contributed by atoms with Crippen molar-refractivity contribution in [2.45, 2.75) is 69.8 Å². The van der Waals surface area contributed by atoms with Gasteiger partial charge in [-0.3, -0.25) is 0 Å². The van der Waals surface area contributed by atoms with Gasteiger partial charge in [0, 0.05) is 22.1 Å². The molecule has 2 fully saturated rings. The predicted octanol–water partition coefficient (Wildman–Crippen LogP) is 9.12. The Morgan fingerprint density at radius 3 is 2.00 bits per heavy atom. The highest BCUT2D eigenvalue weighted by Gasteiger charge is 2.29. The third kappa shape index (κ3) is 6.73. The topological polar surface area (TPSA) is 9.23 Å². The Kier molecular flexibility index (Phi) is 9.30. The van der Waals surface area contributed by atoms with E-state index < -0.39 is 16.9 Å². The summed E-state index contributed by atoms with van der Waals surface area (Å²) < 4.78 is 6.36. The fourth-order valence-corrected chi connectivity index (χ4v) is 14.2. The van der Waals surface area contributed by atoms with Gasteiger partial charge in [0.1, 0.15) is 5.75 Å². The Labute approximate surface area is 195 Å². The molecule has 0 saturated carbocycles. The van der Waals surface area contributed by atoms with E-state index in [2.05, 4.69) is 48.7 Å². The lowest BCUT2D eigenvalue weighted by atomic mass is 10.1. The van der Waals surface area contributed by atoms with Crippen molar-refractivity contribution in [1.29, 1.82) is 0 Å². The van der Waals surface area contributed by atoms with Crippen molar-refractivity contribution >= 4 is 58.1 Å². The van der Waals surface area contributed by atoms with Gasteiger partial charge < -0.3 is 4.74 Å². The zero-order valence-electron chi connectivity index (χ0n) is 17.1. The van der Waals surface area contributed by atoms with Crippen LogP contribution in [0.2, 0.25) is 5.02 Å². The van der Waals surface area contributed by atoms with Crippen LogP contribution >= 0.6 is 58.1 Å². The molecule has 0 amide bonds. The molecular formula is C22H35Br2ClOS2. The molecule has 162 valence electrons. The molecule has 1 aromatic carbocycles. The van der Waals surface area contributed by atoms with E-state index in [4.69, 9.17) is 16.3 Å². The summed E-state index contributed by atoms with van der Waals surface area (Å²) in [6.07, 6.45) is 10.4. The van der Waals surface area contributed by atoms with Crippen LogP contribution in [0.15, 0.2) is 12.1 Å². The molecule has 2 heterocycles. The van der Waals surface area contributed by atoms with Crippen molar-refractivity contribution in [1.82, 2.24) is 0 Å². The molecule has 2 aliphatic rings. The number of rotatable bonds is 10. The van der Waals surface area contributed by atoms with Crippen molar-refractivity contribution in [3.05, 3.63) is 28.3 Å². The van der Waals surface area contributed by atoms with Crippen LogP contribution in [0.5, 0.6) is 5.75 Å². The molecule has 0 N–H and O–H groups in total. The standard InChI is InChI=1S/C22H35Br2ClOS2/c1-2-3-4-5-10-26-22-16-19(17-27(23)11-6-7-12-27)21(25)15-20(22)18-28(24)13-8-9-14-28/h15-16H,2-14,17-18H2,1H3. The van der Waals surface area contributed by atoms with Gasteiger partial charge in [-0.1, -0.05) is 37.8 Å². The lowest BCUT2D eigenvalue weighted by molar-refractivity contribution is 0.302. The van der Waals surface area contributed by atoms with Crippen LogP contribution in [0.1, 0.15) is 69.4 Å². The highest BCUT2D eigenvalue weighted by atomic mass is 79.9. The summed E-state index contributed by atoms with van der Waals surface area (Å²) in [7, 11) is -1.42. The normalized spacial score (nSPS) is 22.9. The maximum atomic E-state index is 6.81. The van der Waals surface area contributed by atoms with Crippen LogP contribution < -0.4 is 4.74 Å². The molecular weight excluding hydrogens is 540 g/mol. The van der Waals surface area contributed by atoms with E-state index in [1.165, 1.54) is 79.1 Å². The van der Waals surface area contributed by atoms with Gasteiger partial charge in [0.15, 0.2) is 0 Å². The minimum atomic E-state index is -0.713. The van der Waals surface area contributed by atoms with Crippen LogP contribution in [0, 0.1) is 0 Å². The number of unbranched alkanes of at least 4 members (excludes halogenated alkanes) is 3. The first-order valence-electron chi connectivity index (χ1n) is 10.8. The van der Waals surface area contributed by atoms with Crippen LogP contribution in [0.4, 0.5) is 0 Å². The lowest BCUT2D eigenvalue weighted by Gasteiger charge is -2.31. The maximum absolute atomic E-state index is 6.81. The maximum Gasteiger partial charge on any atom is 0.123 e. The summed E-state index contributed by atoms with van der Waals surface area (Å²) >= 11 is 15.0. The first kappa shape index (κ1) is 23.6. The minimum absolute atomic E-state index is 0.707. The molecule has 3 rings (SSSR count). The van der Waals surface area contributed by atoms with Crippen LogP contribution in [0.3, 0.4) is 0 Å². The monoisotopic (exact) mass is 572 g/mol. The molecule has 1 aromatic rings. The molecule has 1 nitrogen and oxygen atoms in total. The molecule has 0 unspecified atom stereocenters. The third-order valence-electron chi connectivity index (χ3n) is 5.85. The van der Waals surface area contributed by atoms with Crippen LogP contribution in [-0.2, 0) is 11.5 Å². The van der Waals surface area contributed by atoms with Crippen molar-refractivity contribution < 1.29 is 4.74 Å². The lowest BCUT2D eigenvalue weighted by Crippen LogP contribution is -2.06. The number of hydrogen-bond donors (Lipinski definition) is 0. The van der Waals surface area contributed by atoms with Crippen LogP contribution in [-0.4, -0.2) is 29.6 Å². The van der Waals surface area contributed by atoms with Gasteiger partial charge >= 0.3 is 0 Å². The van der Waals surface area contributed by atoms with Gasteiger partial charge in [0.2, 0.25) is 0 Å². The number of halogens is 3. The fourth-order valence-electron chi connectivity index (χ4n) is 4.20. The molecule has 2 aliphatic heterocycles. The van der Waals surface area contributed by atoms with E-state index >= 15 is 0 Å². The molecule has 28 heavy (non-hydrogen) atoms. The molecule has 0 aliphatic carbocycles. The largest absolute Gasteiger partial charge is 0.493 e. The third-order valence-corrected chi connectivity index (χ3v) is 17.2. The second kappa shape index (κ2) is 11.0.